The SMILES string of the molecule is CCOC(=O)C[C@@H](c1ccc([N+](=O)[O-])cc1)[C@@H](NC(=O)[C@H](NC(C)=O)C(C)C)C(N)=O. The molecule has 0 bridgehead atoms. The summed E-state index contributed by atoms with van der Waals surface area (Å²) in [6.45, 7) is 6.41. The first-order chi connectivity index (χ1) is 14.5. The summed E-state index contributed by atoms with van der Waals surface area (Å²) in [7, 11) is 0. The molecule has 0 fully saturated rings. The molecule has 11 nitrogen and oxygen atoms in total. The van der Waals surface area contributed by atoms with Gasteiger partial charge in [-0.15, -0.1) is 0 Å². The van der Waals surface area contributed by atoms with Crippen molar-refractivity contribution >= 4 is 29.4 Å². The van der Waals surface area contributed by atoms with Gasteiger partial charge in [-0.2, -0.15) is 0 Å². The molecule has 0 heterocycles. The Bertz CT molecular complexity index is 823. The summed E-state index contributed by atoms with van der Waals surface area (Å²) in [5.41, 5.74) is 5.73. The van der Waals surface area contributed by atoms with Crippen LogP contribution in [0, 0.1) is 16.0 Å². The molecule has 4 N–H and O–H groups in total. The van der Waals surface area contributed by atoms with E-state index in [1.54, 1.807) is 20.8 Å². The highest BCUT2D eigenvalue weighted by molar-refractivity contribution is 5.92. The molecule has 0 unspecified atom stereocenters. The zero-order chi connectivity index (χ0) is 23.7. The number of benzene rings is 1. The minimum atomic E-state index is -1.33. The van der Waals surface area contributed by atoms with Gasteiger partial charge in [-0.3, -0.25) is 29.3 Å². The number of carbonyl (C=O) groups excluding carboxylic acids is 4. The van der Waals surface area contributed by atoms with Crippen LogP contribution in [-0.4, -0.2) is 47.3 Å². The summed E-state index contributed by atoms with van der Waals surface area (Å²) >= 11 is 0. The molecular weight excluding hydrogens is 408 g/mol. The molecule has 0 spiro atoms. The van der Waals surface area contributed by atoms with E-state index in [-0.39, 0.29) is 24.6 Å². The fourth-order valence-electron chi connectivity index (χ4n) is 3.04. The molecule has 0 aromatic heterocycles. The van der Waals surface area contributed by atoms with Gasteiger partial charge < -0.3 is 21.1 Å². The second-order valence-corrected chi connectivity index (χ2v) is 7.28. The minimum absolute atomic E-state index is 0.108. The summed E-state index contributed by atoms with van der Waals surface area (Å²) < 4.78 is 4.96. The summed E-state index contributed by atoms with van der Waals surface area (Å²) in [5.74, 6) is -3.85. The van der Waals surface area contributed by atoms with Gasteiger partial charge in [0.05, 0.1) is 18.0 Å². The maximum atomic E-state index is 12.8. The number of nitrogens with zero attached hydrogens (tertiary/aromatic N) is 1. The molecule has 3 amide bonds. The summed E-state index contributed by atoms with van der Waals surface area (Å²) in [6, 6.07) is 2.96. The number of esters is 1. The van der Waals surface area contributed by atoms with E-state index in [1.807, 2.05) is 0 Å². The van der Waals surface area contributed by atoms with Crippen LogP contribution in [0.4, 0.5) is 5.69 Å². The molecule has 1 rings (SSSR count). The average molecular weight is 436 g/mol. The molecule has 11 heteroatoms. The van der Waals surface area contributed by atoms with E-state index in [0.29, 0.717) is 5.56 Å². The molecule has 31 heavy (non-hydrogen) atoms. The van der Waals surface area contributed by atoms with Crippen molar-refractivity contribution in [1.29, 1.82) is 0 Å². The molecule has 0 saturated heterocycles. The van der Waals surface area contributed by atoms with Crippen molar-refractivity contribution in [2.45, 2.75) is 52.1 Å². The van der Waals surface area contributed by atoms with Crippen molar-refractivity contribution in [2.75, 3.05) is 6.61 Å². The normalized spacial score (nSPS) is 13.6. The summed E-state index contributed by atoms with van der Waals surface area (Å²) in [5, 5.41) is 16.0. The van der Waals surface area contributed by atoms with Crippen molar-refractivity contribution in [3.63, 3.8) is 0 Å². The van der Waals surface area contributed by atoms with Gasteiger partial charge >= 0.3 is 5.97 Å². The standard InChI is InChI=1S/C20H28N4O7/c1-5-31-16(26)10-15(13-6-8-14(9-7-13)24(29)30)18(19(21)27)23-20(28)17(11(2)3)22-12(4)25/h6-9,11,15,17-18H,5,10H2,1-4H3,(H2,21,27)(H,22,25)(H,23,28)/t15-,17+,18+/m0/s1. The van der Waals surface area contributed by atoms with E-state index in [1.165, 1.54) is 31.2 Å². The summed E-state index contributed by atoms with van der Waals surface area (Å²) in [6.07, 6.45) is -0.300. The lowest BCUT2D eigenvalue weighted by molar-refractivity contribution is -0.384. The van der Waals surface area contributed by atoms with Crippen molar-refractivity contribution in [3.05, 3.63) is 39.9 Å². The van der Waals surface area contributed by atoms with Crippen molar-refractivity contribution in [1.82, 2.24) is 10.6 Å². The highest BCUT2D eigenvalue weighted by Crippen LogP contribution is 2.27. The molecule has 0 saturated carbocycles. The molecule has 0 aliphatic heterocycles. The molecule has 1 aromatic carbocycles. The number of non-ortho nitro benzene ring substituents is 1. The lowest BCUT2D eigenvalue weighted by Crippen LogP contribution is -2.56. The monoisotopic (exact) mass is 436 g/mol. The van der Waals surface area contributed by atoms with E-state index in [0.717, 1.165) is 0 Å². The Morgan fingerprint density at radius 3 is 2.10 bits per heavy atom. The zero-order valence-electron chi connectivity index (χ0n) is 17.9. The number of nitrogens with two attached hydrogens (primary N) is 1. The van der Waals surface area contributed by atoms with Crippen LogP contribution >= 0.6 is 0 Å². The quantitative estimate of drug-likeness (QED) is 0.261. The van der Waals surface area contributed by atoms with Gasteiger partial charge in [0, 0.05) is 25.0 Å². The third-order valence-corrected chi connectivity index (χ3v) is 4.54. The van der Waals surface area contributed by atoms with Gasteiger partial charge in [-0.25, -0.2) is 0 Å². The number of hydrogen-bond acceptors (Lipinski definition) is 7. The zero-order valence-corrected chi connectivity index (χ0v) is 17.9. The van der Waals surface area contributed by atoms with Crippen LogP contribution in [0.3, 0.4) is 0 Å². The predicted octanol–water partition coefficient (Wildman–Crippen LogP) is 0.762. The van der Waals surface area contributed by atoms with E-state index < -0.39 is 46.6 Å². The van der Waals surface area contributed by atoms with E-state index in [2.05, 4.69) is 10.6 Å². The number of rotatable bonds is 11. The highest BCUT2D eigenvalue weighted by Gasteiger charge is 2.34. The van der Waals surface area contributed by atoms with E-state index in [9.17, 15) is 29.3 Å². The fraction of sp³-hybridized carbons (Fsp3) is 0.500. The van der Waals surface area contributed by atoms with Crippen LogP contribution in [0.5, 0.6) is 0 Å². The van der Waals surface area contributed by atoms with Crippen molar-refractivity contribution in [3.8, 4) is 0 Å². The van der Waals surface area contributed by atoms with Gasteiger partial charge in [0.1, 0.15) is 12.1 Å². The maximum absolute atomic E-state index is 12.8. The van der Waals surface area contributed by atoms with Gasteiger partial charge in [-0.05, 0) is 18.4 Å². The summed E-state index contributed by atoms with van der Waals surface area (Å²) in [4.78, 5) is 59.0. The Kier molecular flexibility index (Phi) is 9.58. The van der Waals surface area contributed by atoms with Gasteiger partial charge in [0.25, 0.3) is 5.69 Å². The Balaban J connectivity index is 3.29. The second kappa shape index (κ2) is 11.6. The van der Waals surface area contributed by atoms with Crippen LogP contribution in [0.2, 0.25) is 0 Å². The third-order valence-electron chi connectivity index (χ3n) is 4.54. The molecule has 0 aliphatic rings. The van der Waals surface area contributed by atoms with Crippen LogP contribution in [0.25, 0.3) is 0 Å². The Labute approximate surface area is 179 Å². The number of carbonyl (C=O) groups is 4. The first kappa shape index (κ1) is 25.5. The number of nitro groups is 1. The Morgan fingerprint density at radius 2 is 1.68 bits per heavy atom. The number of amides is 3. The molecule has 0 radical (unpaired) electrons. The van der Waals surface area contributed by atoms with Crippen LogP contribution in [0.1, 0.15) is 45.6 Å². The van der Waals surface area contributed by atoms with Crippen LogP contribution in [-0.2, 0) is 23.9 Å². The highest BCUT2D eigenvalue weighted by atomic mass is 16.6. The van der Waals surface area contributed by atoms with E-state index in [4.69, 9.17) is 10.5 Å². The van der Waals surface area contributed by atoms with Gasteiger partial charge in [0.2, 0.25) is 17.7 Å². The molecule has 0 aliphatic carbocycles. The number of ether oxygens (including phenoxy) is 1. The average Bonchev–Trinajstić information content (AvgIpc) is 2.68. The molecular formula is C20H28N4O7. The number of nitro benzene ring substituents is 1. The van der Waals surface area contributed by atoms with Gasteiger partial charge in [-0.1, -0.05) is 26.0 Å². The predicted molar refractivity (Wildman–Crippen MR) is 111 cm³/mol. The minimum Gasteiger partial charge on any atom is -0.466 e. The second-order valence-electron chi connectivity index (χ2n) is 7.28. The number of nitrogens with one attached hydrogen (secondary N) is 2. The van der Waals surface area contributed by atoms with Gasteiger partial charge in [0.15, 0.2) is 0 Å². The lowest BCUT2D eigenvalue weighted by Gasteiger charge is -2.28. The van der Waals surface area contributed by atoms with Crippen molar-refractivity contribution in [2.24, 2.45) is 11.7 Å². The third kappa shape index (κ3) is 7.68. The molecule has 1 aromatic rings. The topological polar surface area (TPSA) is 171 Å². The fourth-order valence-corrected chi connectivity index (χ4v) is 3.04. The Hall–Kier alpha value is -3.50. The smallest absolute Gasteiger partial charge is 0.306 e. The van der Waals surface area contributed by atoms with Crippen LogP contribution in [0.15, 0.2) is 24.3 Å². The van der Waals surface area contributed by atoms with E-state index >= 15 is 0 Å². The molecule has 3 atom stereocenters. The Morgan fingerprint density at radius 1 is 1.10 bits per heavy atom. The number of primary amides is 1. The largest absolute Gasteiger partial charge is 0.466 e. The lowest BCUT2D eigenvalue weighted by atomic mass is 9.87. The number of hydrogen-bond donors (Lipinski definition) is 3. The maximum Gasteiger partial charge on any atom is 0.306 e. The molecule has 170 valence electrons. The first-order valence-corrected chi connectivity index (χ1v) is 9.74. The van der Waals surface area contributed by atoms with Crippen LogP contribution < -0.4 is 16.4 Å². The van der Waals surface area contributed by atoms with Crippen molar-refractivity contribution < 1.29 is 28.8 Å². The first-order valence-electron chi connectivity index (χ1n) is 9.74.